The van der Waals surface area contributed by atoms with Crippen LogP contribution in [0.2, 0.25) is 0 Å². The van der Waals surface area contributed by atoms with Gasteiger partial charge in [0.25, 0.3) is 5.91 Å². The van der Waals surface area contributed by atoms with Crippen molar-refractivity contribution in [2.45, 2.75) is 46.0 Å². The number of carbonyl (C=O) groups is 3. The zero-order chi connectivity index (χ0) is 21.4. The van der Waals surface area contributed by atoms with Crippen LogP contribution in [0.15, 0.2) is 48.5 Å². The van der Waals surface area contributed by atoms with E-state index in [1.807, 2.05) is 12.1 Å². The summed E-state index contributed by atoms with van der Waals surface area (Å²) in [6.45, 7) is 7.55. The molecule has 29 heavy (non-hydrogen) atoms. The van der Waals surface area contributed by atoms with Gasteiger partial charge in [0, 0.05) is 24.7 Å². The molecule has 0 unspecified atom stereocenters. The quantitative estimate of drug-likeness (QED) is 0.692. The third-order valence-electron chi connectivity index (χ3n) is 4.29. The largest absolute Gasteiger partial charge is 0.456 e. The average Bonchev–Trinajstić information content (AvgIpc) is 2.65. The fraction of sp³-hybridized carbons (Fsp3) is 0.348. The van der Waals surface area contributed by atoms with Gasteiger partial charge in [-0.1, -0.05) is 45.0 Å². The minimum atomic E-state index is -0.417. The summed E-state index contributed by atoms with van der Waals surface area (Å²) in [7, 11) is 0. The minimum Gasteiger partial charge on any atom is -0.456 e. The summed E-state index contributed by atoms with van der Waals surface area (Å²) >= 11 is 0. The molecule has 154 valence electrons. The second-order valence-electron chi connectivity index (χ2n) is 7.91. The first-order valence-corrected chi connectivity index (χ1v) is 9.56. The number of amides is 2. The maximum absolute atomic E-state index is 11.9. The van der Waals surface area contributed by atoms with Crippen molar-refractivity contribution in [3.63, 3.8) is 0 Å². The molecule has 2 amide bonds. The summed E-state index contributed by atoms with van der Waals surface area (Å²) in [6, 6.07) is 14.9. The predicted octanol–water partition coefficient (Wildman–Crippen LogP) is 4.06. The summed E-state index contributed by atoms with van der Waals surface area (Å²) in [5.74, 6) is -1.000. The molecule has 6 heteroatoms. The van der Waals surface area contributed by atoms with E-state index in [2.05, 4.69) is 43.5 Å². The van der Waals surface area contributed by atoms with Gasteiger partial charge < -0.3 is 15.4 Å². The standard InChI is InChI=1S/C23H28N2O4/c1-16(26)24-19-10-12-20(13-11-19)25-21(27)15-29-22(28)14-7-17-5-8-18(9-6-17)23(2,3)4/h5-6,8-13H,7,14-15H2,1-4H3,(H,24,26)(H,25,27). The summed E-state index contributed by atoms with van der Waals surface area (Å²) in [5.41, 5.74) is 3.58. The van der Waals surface area contributed by atoms with Crippen LogP contribution in [0.25, 0.3) is 0 Å². The van der Waals surface area contributed by atoms with Gasteiger partial charge in [-0.2, -0.15) is 0 Å². The number of benzene rings is 2. The Kier molecular flexibility index (Phi) is 7.53. The van der Waals surface area contributed by atoms with E-state index in [1.165, 1.54) is 12.5 Å². The topological polar surface area (TPSA) is 84.5 Å². The number of esters is 1. The smallest absolute Gasteiger partial charge is 0.306 e. The van der Waals surface area contributed by atoms with Gasteiger partial charge in [0.2, 0.25) is 5.91 Å². The van der Waals surface area contributed by atoms with Gasteiger partial charge in [-0.3, -0.25) is 14.4 Å². The van der Waals surface area contributed by atoms with Gasteiger partial charge in [-0.25, -0.2) is 0 Å². The first kappa shape index (κ1) is 22.1. The van der Waals surface area contributed by atoms with Crippen molar-refractivity contribution >= 4 is 29.2 Å². The van der Waals surface area contributed by atoms with Crippen LogP contribution in [0.5, 0.6) is 0 Å². The zero-order valence-corrected chi connectivity index (χ0v) is 17.4. The Labute approximate surface area is 171 Å². The van der Waals surface area contributed by atoms with Gasteiger partial charge in [-0.15, -0.1) is 0 Å². The molecule has 0 heterocycles. The van der Waals surface area contributed by atoms with Crippen molar-refractivity contribution < 1.29 is 19.1 Å². The lowest BCUT2D eigenvalue weighted by molar-refractivity contribution is -0.147. The normalized spacial score (nSPS) is 10.9. The highest BCUT2D eigenvalue weighted by molar-refractivity contribution is 5.93. The second kappa shape index (κ2) is 9.87. The number of ether oxygens (including phenoxy) is 1. The van der Waals surface area contributed by atoms with Crippen molar-refractivity contribution in [3.05, 3.63) is 59.7 Å². The predicted molar refractivity (Wildman–Crippen MR) is 114 cm³/mol. The van der Waals surface area contributed by atoms with Crippen molar-refractivity contribution in [1.82, 2.24) is 0 Å². The monoisotopic (exact) mass is 396 g/mol. The summed E-state index contributed by atoms with van der Waals surface area (Å²) < 4.78 is 5.04. The Morgan fingerprint density at radius 1 is 0.862 bits per heavy atom. The Balaban J connectivity index is 1.73. The number of hydrogen-bond acceptors (Lipinski definition) is 4. The van der Waals surface area contributed by atoms with E-state index in [9.17, 15) is 14.4 Å². The highest BCUT2D eigenvalue weighted by Crippen LogP contribution is 2.22. The Hall–Kier alpha value is -3.15. The lowest BCUT2D eigenvalue weighted by atomic mass is 9.86. The molecule has 0 saturated carbocycles. The Morgan fingerprint density at radius 3 is 1.93 bits per heavy atom. The number of rotatable bonds is 7. The maximum Gasteiger partial charge on any atom is 0.306 e. The molecule has 2 rings (SSSR count). The summed E-state index contributed by atoms with van der Waals surface area (Å²) in [6.07, 6.45) is 0.781. The fourth-order valence-corrected chi connectivity index (χ4v) is 2.67. The molecule has 2 aromatic rings. The summed E-state index contributed by atoms with van der Waals surface area (Å²) in [4.78, 5) is 34.8. The number of anilines is 2. The average molecular weight is 396 g/mol. The van der Waals surface area contributed by atoms with E-state index < -0.39 is 11.9 Å². The fourth-order valence-electron chi connectivity index (χ4n) is 2.67. The van der Waals surface area contributed by atoms with Gasteiger partial charge in [0.05, 0.1) is 0 Å². The van der Waals surface area contributed by atoms with Gasteiger partial charge >= 0.3 is 5.97 Å². The molecule has 0 aliphatic rings. The maximum atomic E-state index is 11.9. The van der Waals surface area contributed by atoms with Crippen molar-refractivity contribution in [2.75, 3.05) is 17.2 Å². The Morgan fingerprint density at radius 2 is 1.41 bits per heavy atom. The molecular weight excluding hydrogens is 368 g/mol. The molecule has 0 spiro atoms. The number of carbonyl (C=O) groups excluding carboxylic acids is 3. The third kappa shape index (κ3) is 7.78. The molecule has 0 aromatic heterocycles. The molecule has 0 radical (unpaired) electrons. The van der Waals surface area contributed by atoms with E-state index in [-0.39, 0.29) is 24.3 Å². The van der Waals surface area contributed by atoms with Crippen molar-refractivity contribution in [3.8, 4) is 0 Å². The van der Waals surface area contributed by atoms with Crippen molar-refractivity contribution in [1.29, 1.82) is 0 Å². The molecule has 0 atom stereocenters. The number of aryl methyl sites for hydroxylation is 1. The zero-order valence-electron chi connectivity index (χ0n) is 17.4. The van der Waals surface area contributed by atoms with Crippen LogP contribution in [0.3, 0.4) is 0 Å². The van der Waals surface area contributed by atoms with Crippen LogP contribution in [0.1, 0.15) is 45.2 Å². The molecular formula is C23H28N2O4. The van der Waals surface area contributed by atoms with Gasteiger partial charge in [0.15, 0.2) is 6.61 Å². The van der Waals surface area contributed by atoms with E-state index >= 15 is 0 Å². The number of hydrogen-bond donors (Lipinski definition) is 2. The first-order valence-electron chi connectivity index (χ1n) is 9.56. The molecule has 6 nitrogen and oxygen atoms in total. The van der Waals surface area contributed by atoms with Crippen LogP contribution in [-0.4, -0.2) is 24.4 Å². The second-order valence-corrected chi connectivity index (χ2v) is 7.91. The van der Waals surface area contributed by atoms with E-state index in [4.69, 9.17) is 4.74 Å². The molecule has 0 fully saturated rings. The van der Waals surface area contributed by atoms with Crippen LogP contribution in [0, 0.1) is 0 Å². The van der Waals surface area contributed by atoms with Crippen LogP contribution in [-0.2, 0) is 31.0 Å². The van der Waals surface area contributed by atoms with Crippen LogP contribution in [0.4, 0.5) is 11.4 Å². The molecule has 0 saturated heterocycles. The highest BCUT2D eigenvalue weighted by atomic mass is 16.5. The lowest BCUT2D eigenvalue weighted by Crippen LogP contribution is -2.21. The van der Waals surface area contributed by atoms with E-state index in [1.54, 1.807) is 24.3 Å². The minimum absolute atomic E-state index is 0.0923. The SMILES string of the molecule is CC(=O)Nc1ccc(NC(=O)COC(=O)CCc2ccc(C(C)(C)C)cc2)cc1. The first-order chi connectivity index (χ1) is 13.6. The van der Waals surface area contributed by atoms with Crippen LogP contribution >= 0.6 is 0 Å². The number of nitrogens with one attached hydrogen (secondary N) is 2. The van der Waals surface area contributed by atoms with E-state index in [0.717, 1.165) is 5.56 Å². The van der Waals surface area contributed by atoms with Crippen LogP contribution < -0.4 is 10.6 Å². The third-order valence-corrected chi connectivity index (χ3v) is 4.29. The summed E-state index contributed by atoms with van der Waals surface area (Å²) in [5, 5.41) is 5.29. The molecule has 2 aromatic carbocycles. The van der Waals surface area contributed by atoms with Crippen molar-refractivity contribution in [2.24, 2.45) is 0 Å². The molecule has 2 N–H and O–H groups in total. The van der Waals surface area contributed by atoms with Gasteiger partial charge in [-0.05, 0) is 47.2 Å². The van der Waals surface area contributed by atoms with E-state index in [0.29, 0.717) is 17.8 Å². The Bertz CT molecular complexity index is 850. The lowest BCUT2D eigenvalue weighted by Gasteiger charge is -2.19. The van der Waals surface area contributed by atoms with Gasteiger partial charge in [0.1, 0.15) is 0 Å². The highest BCUT2D eigenvalue weighted by Gasteiger charge is 2.13. The molecule has 0 aliphatic heterocycles. The molecule has 0 aliphatic carbocycles. The molecule has 0 bridgehead atoms.